The molecular weight excluding hydrogens is 480 g/mol. The maximum absolute atomic E-state index is 13.0. The first-order chi connectivity index (χ1) is 16.4. The van der Waals surface area contributed by atoms with Gasteiger partial charge in [0.25, 0.3) is 0 Å². The van der Waals surface area contributed by atoms with E-state index < -0.39 is 60.5 Å². The monoisotopic (exact) mass is 521 g/mol. The van der Waals surface area contributed by atoms with Crippen molar-refractivity contribution >= 4 is 23.7 Å². The van der Waals surface area contributed by atoms with Crippen molar-refractivity contribution in [2.75, 3.05) is 13.2 Å². The van der Waals surface area contributed by atoms with Crippen molar-refractivity contribution in [2.45, 2.75) is 104 Å². The number of hydrogen-bond donors (Lipinski definition) is 3. The van der Waals surface area contributed by atoms with E-state index in [0.29, 0.717) is 0 Å². The second kappa shape index (κ2) is 13.3. The SMILES string of the molecule is CC(C)C[C@H](NC(=O)OC(C)(C)C)C(=O)N[C@@H](COC(F)F)C(=O)N[C@@H](CC(C)C)C(=O)[C@]1(C)CO1. The number of ketones is 1. The highest BCUT2D eigenvalue weighted by Gasteiger charge is 2.50. The molecule has 1 rings (SSSR count). The summed E-state index contributed by atoms with van der Waals surface area (Å²) in [7, 11) is 0. The smallest absolute Gasteiger partial charge is 0.408 e. The van der Waals surface area contributed by atoms with E-state index in [1.807, 2.05) is 27.7 Å². The van der Waals surface area contributed by atoms with Crippen molar-refractivity contribution < 1.29 is 42.2 Å². The number of carbonyl (C=O) groups excluding carboxylic acids is 4. The maximum Gasteiger partial charge on any atom is 0.408 e. The van der Waals surface area contributed by atoms with Crippen LogP contribution in [0, 0.1) is 11.8 Å². The van der Waals surface area contributed by atoms with Gasteiger partial charge >= 0.3 is 12.7 Å². The Labute approximate surface area is 211 Å². The highest BCUT2D eigenvalue weighted by Crippen LogP contribution is 2.29. The first-order valence-corrected chi connectivity index (χ1v) is 12.1. The summed E-state index contributed by atoms with van der Waals surface area (Å²) in [4.78, 5) is 51.1. The summed E-state index contributed by atoms with van der Waals surface area (Å²) in [6.07, 6.45) is -0.358. The molecule has 12 heteroatoms. The van der Waals surface area contributed by atoms with Crippen LogP contribution in [0.15, 0.2) is 0 Å². The number of hydrogen-bond acceptors (Lipinski definition) is 7. The molecule has 4 atom stereocenters. The predicted molar refractivity (Wildman–Crippen MR) is 127 cm³/mol. The largest absolute Gasteiger partial charge is 0.444 e. The van der Waals surface area contributed by atoms with Crippen molar-refractivity contribution in [3.05, 3.63) is 0 Å². The normalized spacial score (nSPS) is 20.0. The molecule has 0 unspecified atom stereocenters. The van der Waals surface area contributed by atoms with Gasteiger partial charge < -0.3 is 30.2 Å². The minimum Gasteiger partial charge on any atom is -0.444 e. The third kappa shape index (κ3) is 11.6. The number of amides is 3. The van der Waals surface area contributed by atoms with E-state index in [2.05, 4.69) is 20.7 Å². The van der Waals surface area contributed by atoms with E-state index in [0.717, 1.165) is 0 Å². The van der Waals surface area contributed by atoms with E-state index in [-0.39, 0.29) is 37.1 Å². The van der Waals surface area contributed by atoms with Crippen LogP contribution < -0.4 is 16.0 Å². The van der Waals surface area contributed by atoms with Gasteiger partial charge in [0.05, 0.1) is 19.3 Å². The average Bonchev–Trinajstić information content (AvgIpc) is 3.45. The summed E-state index contributed by atoms with van der Waals surface area (Å²) in [6.45, 7) is 10.2. The van der Waals surface area contributed by atoms with Crippen molar-refractivity contribution in [3.63, 3.8) is 0 Å². The van der Waals surface area contributed by atoms with Crippen LogP contribution >= 0.6 is 0 Å². The molecule has 3 N–H and O–H groups in total. The summed E-state index contributed by atoms with van der Waals surface area (Å²) >= 11 is 0. The van der Waals surface area contributed by atoms with Crippen LogP contribution in [0.25, 0.3) is 0 Å². The lowest BCUT2D eigenvalue weighted by Gasteiger charge is -2.27. The molecule has 1 saturated heterocycles. The van der Waals surface area contributed by atoms with Gasteiger partial charge in [-0.15, -0.1) is 0 Å². The summed E-state index contributed by atoms with van der Waals surface area (Å²) in [6, 6.07) is -3.59. The third-order valence-corrected chi connectivity index (χ3v) is 5.18. The van der Waals surface area contributed by atoms with Crippen LogP contribution in [0.4, 0.5) is 13.6 Å². The molecule has 1 aliphatic heterocycles. The molecule has 1 fully saturated rings. The summed E-state index contributed by atoms with van der Waals surface area (Å²) < 4.78 is 40.3. The Kier molecular flexibility index (Phi) is 11.7. The highest BCUT2D eigenvalue weighted by atomic mass is 19.3. The quantitative estimate of drug-likeness (QED) is 0.299. The van der Waals surface area contributed by atoms with E-state index in [1.54, 1.807) is 27.7 Å². The van der Waals surface area contributed by atoms with Crippen LogP contribution in [-0.2, 0) is 28.6 Å². The Hall–Kier alpha value is -2.34. The second-order valence-electron chi connectivity index (χ2n) is 11.1. The van der Waals surface area contributed by atoms with Gasteiger partial charge in [0.15, 0.2) is 5.78 Å². The predicted octanol–water partition coefficient (Wildman–Crippen LogP) is 2.54. The zero-order valence-electron chi connectivity index (χ0n) is 22.4. The van der Waals surface area contributed by atoms with E-state index >= 15 is 0 Å². The van der Waals surface area contributed by atoms with Crippen molar-refractivity contribution in [1.82, 2.24) is 16.0 Å². The number of halogens is 2. The molecule has 0 saturated carbocycles. The number of epoxide rings is 1. The minimum atomic E-state index is -3.18. The van der Waals surface area contributed by atoms with Crippen molar-refractivity contribution in [2.24, 2.45) is 11.8 Å². The molecule has 3 amide bonds. The molecule has 10 nitrogen and oxygen atoms in total. The van der Waals surface area contributed by atoms with Gasteiger partial charge in [-0.1, -0.05) is 27.7 Å². The number of alkyl halides is 2. The van der Waals surface area contributed by atoms with E-state index in [9.17, 15) is 28.0 Å². The summed E-state index contributed by atoms with van der Waals surface area (Å²) in [5, 5.41) is 7.39. The molecular formula is C24H41F2N3O7. The molecule has 0 aromatic heterocycles. The van der Waals surface area contributed by atoms with Crippen LogP contribution in [-0.4, -0.2) is 72.8 Å². The lowest BCUT2D eigenvalue weighted by Crippen LogP contribution is -2.58. The first kappa shape index (κ1) is 31.7. The van der Waals surface area contributed by atoms with Gasteiger partial charge in [0.1, 0.15) is 23.3 Å². The molecule has 0 aliphatic carbocycles. The molecule has 36 heavy (non-hydrogen) atoms. The number of alkyl carbamates (subject to hydrolysis) is 1. The van der Waals surface area contributed by atoms with Crippen molar-refractivity contribution in [3.8, 4) is 0 Å². The van der Waals surface area contributed by atoms with Gasteiger partial charge in [-0.2, -0.15) is 8.78 Å². The Morgan fingerprint density at radius 3 is 1.81 bits per heavy atom. The summed E-state index contributed by atoms with van der Waals surface area (Å²) in [5.41, 5.74) is -1.82. The number of carbonyl (C=O) groups is 4. The van der Waals surface area contributed by atoms with Crippen LogP contribution in [0.1, 0.15) is 68.2 Å². The average molecular weight is 522 g/mol. The Morgan fingerprint density at radius 1 is 0.889 bits per heavy atom. The molecule has 208 valence electrons. The molecule has 0 spiro atoms. The van der Waals surface area contributed by atoms with Crippen LogP contribution in [0.5, 0.6) is 0 Å². The maximum atomic E-state index is 13.0. The lowest BCUT2D eigenvalue weighted by atomic mass is 9.93. The van der Waals surface area contributed by atoms with Crippen molar-refractivity contribution in [1.29, 1.82) is 0 Å². The Bertz CT molecular complexity index is 780. The lowest BCUT2D eigenvalue weighted by molar-refractivity contribution is -0.148. The minimum absolute atomic E-state index is 0.0282. The molecule has 1 aliphatic rings. The Balaban J connectivity index is 3.03. The number of rotatable bonds is 14. The second-order valence-corrected chi connectivity index (χ2v) is 11.1. The molecule has 0 aromatic rings. The third-order valence-electron chi connectivity index (χ3n) is 5.18. The fourth-order valence-electron chi connectivity index (χ4n) is 3.37. The zero-order valence-corrected chi connectivity index (χ0v) is 22.4. The number of ether oxygens (including phenoxy) is 3. The highest BCUT2D eigenvalue weighted by molar-refractivity contribution is 5.98. The fraction of sp³-hybridized carbons (Fsp3) is 0.833. The van der Waals surface area contributed by atoms with Gasteiger partial charge in [-0.05, 0) is 52.4 Å². The standard InChI is InChI=1S/C24H41F2N3O7/c1-13(2)9-15(18(30)24(8)12-35-24)27-20(32)17(11-34-21(25)26)28-19(31)16(10-14(3)4)29-22(33)36-23(5,6)7/h13-17,21H,9-12H2,1-8H3,(H,27,32)(H,28,31)(H,29,33)/t15-,16-,17-,24-/m0/s1. The zero-order chi connectivity index (χ0) is 27.8. The molecule has 1 heterocycles. The summed E-state index contributed by atoms with van der Waals surface area (Å²) in [5.74, 6) is -1.99. The van der Waals surface area contributed by atoms with Gasteiger partial charge in [-0.25, -0.2) is 4.79 Å². The van der Waals surface area contributed by atoms with Crippen LogP contribution in [0.2, 0.25) is 0 Å². The van der Waals surface area contributed by atoms with E-state index in [1.165, 1.54) is 0 Å². The van der Waals surface area contributed by atoms with Crippen LogP contribution in [0.3, 0.4) is 0 Å². The van der Waals surface area contributed by atoms with Gasteiger partial charge in [-0.3, -0.25) is 14.4 Å². The number of Topliss-reactive ketones (excluding diaryl/α,β-unsaturated/α-hetero) is 1. The Morgan fingerprint density at radius 2 is 1.36 bits per heavy atom. The van der Waals surface area contributed by atoms with Gasteiger partial charge in [0, 0.05) is 0 Å². The molecule has 0 radical (unpaired) electrons. The first-order valence-electron chi connectivity index (χ1n) is 12.1. The molecule has 0 bridgehead atoms. The fourth-order valence-corrected chi connectivity index (χ4v) is 3.37. The molecule has 0 aromatic carbocycles. The topological polar surface area (TPSA) is 135 Å². The van der Waals surface area contributed by atoms with Gasteiger partial charge in [0.2, 0.25) is 11.8 Å². The van der Waals surface area contributed by atoms with E-state index in [4.69, 9.17) is 9.47 Å². The number of nitrogens with one attached hydrogen (secondary N) is 3.